The van der Waals surface area contributed by atoms with Crippen LogP contribution >= 0.6 is 22.7 Å². The first-order valence-corrected chi connectivity index (χ1v) is 6.23. The molecule has 5 heteroatoms. The molecule has 2 aromatic rings. The van der Waals surface area contributed by atoms with E-state index >= 15 is 0 Å². The van der Waals surface area contributed by atoms with Crippen molar-refractivity contribution in [2.75, 3.05) is 7.11 Å². The normalized spacial score (nSPS) is 12.7. The highest BCUT2D eigenvalue weighted by Crippen LogP contribution is 2.29. The number of nitrogens with zero attached hydrogens (tertiary/aromatic N) is 1. The van der Waals surface area contributed by atoms with E-state index in [-0.39, 0.29) is 0 Å². The Hall–Kier alpha value is -0.910. The van der Waals surface area contributed by atoms with Crippen LogP contribution < -0.4 is 4.74 Å². The summed E-state index contributed by atoms with van der Waals surface area (Å²) in [5.74, 6) is 0.804. The molecule has 15 heavy (non-hydrogen) atoms. The summed E-state index contributed by atoms with van der Waals surface area (Å²) in [4.78, 5) is 6.00. The third-order valence-corrected chi connectivity index (χ3v) is 3.85. The average molecular weight is 241 g/mol. The molecule has 1 atom stereocenters. The van der Waals surface area contributed by atoms with E-state index in [1.807, 2.05) is 11.4 Å². The van der Waals surface area contributed by atoms with Crippen LogP contribution in [0.25, 0.3) is 0 Å². The first kappa shape index (κ1) is 10.6. The molecule has 0 aliphatic carbocycles. The lowest BCUT2D eigenvalue weighted by Gasteiger charge is -2.05. The quantitative estimate of drug-likeness (QED) is 0.894. The fourth-order valence-corrected chi connectivity index (χ4v) is 2.72. The van der Waals surface area contributed by atoms with Gasteiger partial charge in [0.2, 0.25) is 0 Å². The second-order valence-electron chi connectivity index (χ2n) is 3.08. The maximum atomic E-state index is 9.93. The van der Waals surface area contributed by atoms with Gasteiger partial charge in [-0.3, -0.25) is 4.98 Å². The van der Waals surface area contributed by atoms with Gasteiger partial charge in [0.25, 0.3) is 0 Å². The predicted octanol–water partition coefficient (Wildman–Crippen LogP) is 2.49. The summed E-state index contributed by atoms with van der Waals surface area (Å²) in [5, 5.41) is 11.8. The van der Waals surface area contributed by atoms with Gasteiger partial charge in [-0.2, -0.15) is 0 Å². The van der Waals surface area contributed by atoms with Crippen LogP contribution in [0.4, 0.5) is 0 Å². The summed E-state index contributed by atoms with van der Waals surface area (Å²) >= 11 is 3.07. The number of aliphatic hydroxyl groups excluding tert-OH is 1. The molecule has 2 aromatic heterocycles. The largest absolute Gasteiger partial charge is 0.496 e. The summed E-state index contributed by atoms with van der Waals surface area (Å²) in [7, 11) is 1.63. The summed E-state index contributed by atoms with van der Waals surface area (Å²) in [6.07, 6.45) is 1.95. The van der Waals surface area contributed by atoms with Gasteiger partial charge in [-0.15, -0.1) is 22.7 Å². The van der Waals surface area contributed by atoms with Crippen molar-refractivity contribution in [2.45, 2.75) is 12.5 Å². The highest BCUT2D eigenvalue weighted by molar-refractivity contribution is 7.10. The number of hydrogen-bond donors (Lipinski definition) is 1. The van der Waals surface area contributed by atoms with Gasteiger partial charge in [0.05, 0.1) is 18.7 Å². The van der Waals surface area contributed by atoms with E-state index < -0.39 is 6.10 Å². The molecule has 0 radical (unpaired) electrons. The molecule has 80 valence electrons. The summed E-state index contributed by atoms with van der Waals surface area (Å²) in [6, 6.07) is 1.87. The van der Waals surface area contributed by atoms with Crippen molar-refractivity contribution in [3.8, 4) is 5.75 Å². The minimum Gasteiger partial charge on any atom is -0.496 e. The molecule has 1 N–H and O–H groups in total. The third-order valence-electron chi connectivity index (χ3n) is 2.04. The van der Waals surface area contributed by atoms with E-state index in [1.54, 1.807) is 30.2 Å². The topological polar surface area (TPSA) is 42.4 Å². The van der Waals surface area contributed by atoms with Crippen LogP contribution in [-0.4, -0.2) is 17.2 Å². The molecule has 0 fully saturated rings. The minimum atomic E-state index is -0.459. The monoisotopic (exact) mass is 241 g/mol. The number of methoxy groups -OCH3 is 1. The zero-order valence-corrected chi connectivity index (χ0v) is 9.85. The number of thiazole rings is 1. The Morgan fingerprint density at radius 1 is 1.53 bits per heavy atom. The van der Waals surface area contributed by atoms with Crippen LogP contribution in [0.5, 0.6) is 5.75 Å². The summed E-state index contributed by atoms with van der Waals surface area (Å²) < 4.78 is 5.07. The number of hydrogen-bond acceptors (Lipinski definition) is 5. The van der Waals surface area contributed by atoms with Crippen molar-refractivity contribution in [2.24, 2.45) is 0 Å². The van der Waals surface area contributed by atoms with Gasteiger partial charge in [0, 0.05) is 27.8 Å². The highest BCUT2D eigenvalue weighted by Gasteiger charge is 2.12. The smallest absolute Gasteiger partial charge is 0.129 e. The maximum absolute atomic E-state index is 9.93. The number of aliphatic hydroxyl groups is 1. The molecule has 0 aliphatic rings. The van der Waals surface area contributed by atoms with Gasteiger partial charge in [0.1, 0.15) is 5.75 Å². The van der Waals surface area contributed by atoms with Crippen molar-refractivity contribution in [3.63, 3.8) is 0 Å². The van der Waals surface area contributed by atoms with Gasteiger partial charge in [-0.1, -0.05) is 0 Å². The second kappa shape index (κ2) is 4.74. The maximum Gasteiger partial charge on any atom is 0.129 e. The van der Waals surface area contributed by atoms with E-state index in [1.165, 1.54) is 11.3 Å². The SMILES string of the molecule is COc1csc(C(O)Cc2cncs2)c1. The molecule has 3 nitrogen and oxygen atoms in total. The molecule has 0 saturated carbocycles. The summed E-state index contributed by atoms with van der Waals surface area (Å²) in [5.41, 5.74) is 1.77. The Kier molecular flexibility index (Phi) is 3.35. The van der Waals surface area contributed by atoms with E-state index in [9.17, 15) is 5.11 Å². The van der Waals surface area contributed by atoms with Gasteiger partial charge in [0.15, 0.2) is 0 Å². The Balaban J connectivity index is 2.04. The average Bonchev–Trinajstić information content (AvgIpc) is 2.86. The van der Waals surface area contributed by atoms with Gasteiger partial charge in [-0.25, -0.2) is 0 Å². The molecule has 1 unspecified atom stereocenters. The molecule has 2 heterocycles. The van der Waals surface area contributed by atoms with Crippen molar-refractivity contribution in [1.29, 1.82) is 0 Å². The molecule has 0 amide bonds. The second-order valence-corrected chi connectivity index (χ2v) is 4.99. The highest BCUT2D eigenvalue weighted by atomic mass is 32.1. The number of thiophene rings is 1. The first-order valence-electron chi connectivity index (χ1n) is 4.47. The molecular formula is C10H11NO2S2. The predicted molar refractivity (Wildman–Crippen MR) is 61.6 cm³/mol. The minimum absolute atomic E-state index is 0.459. The first-order chi connectivity index (χ1) is 7.29. The van der Waals surface area contributed by atoms with Crippen molar-refractivity contribution < 1.29 is 9.84 Å². The van der Waals surface area contributed by atoms with Crippen molar-refractivity contribution in [3.05, 3.63) is 32.9 Å². The Morgan fingerprint density at radius 3 is 3.00 bits per heavy atom. The van der Waals surface area contributed by atoms with E-state index in [0.717, 1.165) is 15.5 Å². The van der Waals surface area contributed by atoms with Crippen molar-refractivity contribution in [1.82, 2.24) is 4.98 Å². The number of aromatic nitrogens is 1. The molecular weight excluding hydrogens is 230 g/mol. The molecule has 0 saturated heterocycles. The van der Waals surface area contributed by atoms with E-state index in [2.05, 4.69) is 4.98 Å². The van der Waals surface area contributed by atoms with Crippen LogP contribution in [0.15, 0.2) is 23.2 Å². The number of rotatable bonds is 4. The van der Waals surface area contributed by atoms with Gasteiger partial charge < -0.3 is 9.84 Å². The zero-order valence-electron chi connectivity index (χ0n) is 8.21. The van der Waals surface area contributed by atoms with E-state index in [0.29, 0.717) is 6.42 Å². The molecule has 0 bridgehead atoms. The molecule has 0 aromatic carbocycles. The fraction of sp³-hybridized carbons (Fsp3) is 0.300. The summed E-state index contributed by atoms with van der Waals surface area (Å²) in [6.45, 7) is 0. The fourth-order valence-electron chi connectivity index (χ4n) is 1.25. The van der Waals surface area contributed by atoms with Gasteiger partial charge in [-0.05, 0) is 6.07 Å². The van der Waals surface area contributed by atoms with Crippen LogP contribution in [-0.2, 0) is 6.42 Å². The Morgan fingerprint density at radius 2 is 2.40 bits per heavy atom. The zero-order chi connectivity index (χ0) is 10.7. The van der Waals surface area contributed by atoms with Crippen LogP contribution in [0.2, 0.25) is 0 Å². The van der Waals surface area contributed by atoms with Crippen LogP contribution in [0.3, 0.4) is 0 Å². The lowest BCUT2D eigenvalue weighted by Crippen LogP contribution is -1.97. The Bertz CT molecular complexity index is 411. The molecule has 0 aliphatic heterocycles. The van der Waals surface area contributed by atoms with Crippen molar-refractivity contribution >= 4 is 22.7 Å². The standard InChI is InChI=1S/C10H11NO2S2/c1-13-7-2-10(14-5-7)9(12)3-8-4-11-6-15-8/h2,4-6,9,12H,3H2,1H3. The van der Waals surface area contributed by atoms with Crippen LogP contribution in [0.1, 0.15) is 15.9 Å². The lowest BCUT2D eigenvalue weighted by atomic mass is 10.2. The third kappa shape index (κ3) is 2.56. The van der Waals surface area contributed by atoms with Crippen LogP contribution in [0, 0.1) is 0 Å². The van der Waals surface area contributed by atoms with Gasteiger partial charge >= 0.3 is 0 Å². The lowest BCUT2D eigenvalue weighted by molar-refractivity contribution is 0.183. The molecule has 0 spiro atoms. The molecule has 2 rings (SSSR count). The Labute approximate surface area is 96.0 Å². The number of ether oxygens (including phenoxy) is 1. The van der Waals surface area contributed by atoms with E-state index in [4.69, 9.17) is 4.74 Å².